The molecule has 2 fully saturated rings. The smallest absolute Gasteiger partial charge is 0.142 e. The van der Waals surface area contributed by atoms with Crippen LogP contribution in [0.2, 0.25) is 0 Å². The van der Waals surface area contributed by atoms with E-state index >= 15 is 0 Å². The number of nitrogens with two attached hydrogens (primary N) is 1. The highest BCUT2D eigenvalue weighted by Crippen LogP contribution is 2.26. The molecule has 4 nitrogen and oxygen atoms in total. The Morgan fingerprint density at radius 3 is 3.17 bits per heavy atom. The molecule has 4 heteroatoms. The number of carbonyl (C=O) groups excluding carboxylic acids is 1. The van der Waals surface area contributed by atoms with E-state index in [2.05, 4.69) is 0 Å². The first-order valence-corrected chi connectivity index (χ1v) is 4.29. The Labute approximate surface area is 71.0 Å². The normalized spacial score (nSPS) is 42.4. The second kappa shape index (κ2) is 3.12. The molecule has 0 aromatic heterocycles. The summed E-state index contributed by atoms with van der Waals surface area (Å²) in [4.78, 5) is 11.4. The molecule has 0 saturated carbocycles. The maximum absolute atomic E-state index is 11.4. The Morgan fingerprint density at radius 2 is 2.33 bits per heavy atom. The van der Waals surface area contributed by atoms with E-state index in [1.54, 1.807) is 0 Å². The van der Waals surface area contributed by atoms with Crippen molar-refractivity contribution in [2.24, 2.45) is 11.7 Å². The van der Waals surface area contributed by atoms with Gasteiger partial charge in [0, 0.05) is 18.9 Å². The summed E-state index contributed by atoms with van der Waals surface area (Å²) in [6, 6.07) is 0. The average molecular weight is 171 g/mol. The van der Waals surface area contributed by atoms with Gasteiger partial charge < -0.3 is 15.2 Å². The van der Waals surface area contributed by atoms with Gasteiger partial charge in [-0.2, -0.15) is 0 Å². The van der Waals surface area contributed by atoms with Crippen LogP contribution in [0.15, 0.2) is 0 Å². The standard InChI is InChI=1S/C8H13NO3/c9-8-3-6(10)5-1-2-11-4-7(5)12-8/h5,7-8H,1-4,9H2. The molecule has 0 radical (unpaired) electrons. The van der Waals surface area contributed by atoms with Gasteiger partial charge in [-0.25, -0.2) is 0 Å². The van der Waals surface area contributed by atoms with Crippen LogP contribution in [0.4, 0.5) is 0 Å². The van der Waals surface area contributed by atoms with E-state index in [1.807, 2.05) is 0 Å². The highest BCUT2D eigenvalue weighted by Gasteiger charge is 2.38. The van der Waals surface area contributed by atoms with Gasteiger partial charge in [-0.05, 0) is 6.42 Å². The molecule has 2 saturated heterocycles. The predicted molar refractivity (Wildman–Crippen MR) is 41.4 cm³/mol. The summed E-state index contributed by atoms with van der Waals surface area (Å²) in [5.74, 6) is 0.278. The molecule has 12 heavy (non-hydrogen) atoms. The van der Waals surface area contributed by atoms with Crippen molar-refractivity contribution < 1.29 is 14.3 Å². The Kier molecular flexibility index (Phi) is 2.12. The zero-order valence-corrected chi connectivity index (χ0v) is 6.86. The highest BCUT2D eigenvalue weighted by molar-refractivity contribution is 5.82. The molecule has 0 bridgehead atoms. The maximum atomic E-state index is 11.4. The van der Waals surface area contributed by atoms with Gasteiger partial charge in [0.25, 0.3) is 0 Å². The minimum Gasteiger partial charge on any atom is -0.379 e. The molecule has 2 aliphatic rings. The summed E-state index contributed by atoms with van der Waals surface area (Å²) in [6.45, 7) is 1.19. The monoisotopic (exact) mass is 171 g/mol. The van der Waals surface area contributed by atoms with Crippen molar-refractivity contribution in [1.29, 1.82) is 0 Å². The van der Waals surface area contributed by atoms with Crippen LogP contribution in [0.5, 0.6) is 0 Å². The van der Waals surface area contributed by atoms with Crippen LogP contribution in [0.25, 0.3) is 0 Å². The van der Waals surface area contributed by atoms with Gasteiger partial charge in [-0.1, -0.05) is 0 Å². The lowest BCUT2D eigenvalue weighted by atomic mass is 9.88. The first-order valence-electron chi connectivity index (χ1n) is 4.29. The Balaban J connectivity index is 2.06. The first kappa shape index (κ1) is 8.16. The molecule has 2 heterocycles. The van der Waals surface area contributed by atoms with Gasteiger partial charge in [0.2, 0.25) is 0 Å². The fourth-order valence-electron chi connectivity index (χ4n) is 1.84. The topological polar surface area (TPSA) is 61.6 Å². The second-order valence-corrected chi connectivity index (χ2v) is 3.35. The lowest BCUT2D eigenvalue weighted by Crippen LogP contribution is -2.49. The minimum absolute atomic E-state index is 0.0403. The summed E-state index contributed by atoms with van der Waals surface area (Å²) in [7, 11) is 0. The van der Waals surface area contributed by atoms with E-state index in [0.717, 1.165) is 6.42 Å². The third kappa shape index (κ3) is 1.37. The molecule has 0 amide bonds. The molecule has 2 rings (SSSR count). The number of hydrogen-bond acceptors (Lipinski definition) is 4. The van der Waals surface area contributed by atoms with Crippen molar-refractivity contribution in [3.05, 3.63) is 0 Å². The zero-order valence-electron chi connectivity index (χ0n) is 6.86. The van der Waals surface area contributed by atoms with Crippen molar-refractivity contribution in [3.63, 3.8) is 0 Å². The lowest BCUT2D eigenvalue weighted by molar-refractivity contribution is -0.164. The number of Topliss-reactive ketones (excluding diaryl/α,β-unsaturated/α-hetero) is 1. The van der Waals surface area contributed by atoms with E-state index in [1.165, 1.54) is 0 Å². The van der Waals surface area contributed by atoms with Gasteiger partial charge in [0.05, 0.1) is 12.7 Å². The number of rotatable bonds is 0. The molecule has 68 valence electrons. The number of fused-ring (bicyclic) bond motifs is 1. The second-order valence-electron chi connectivity index (χ2n) is 3.35. The molecule has 0 aromatic carbocycles. The van der Waals surface area contributed by atoms with Gasteiger partial charge >= 0.3 is 0 Å². The van der Waals surface area contributed by atoms with E-state index in [4.69, 9.17) is 15.2 Å². The number of carbonyl (C=O) groups is 1. The molecule has 3 atom stereocenters. The first-order chi connectivity index (χ1) is 5.77. The Hall–Kier alpha value is -0.450. The summed E-state index contributed by atoms with van der Waals surface area (Å²) in [5.41, 5.74) is 5.53. The summed E-state index contributed by atoms with van der Waals surface area (Å²) in [5, 5.41) is 0. The minimum atomic E-state index is -0.416. The molecule has 2 aliphatic heterocycles. The maximum Gasteiger partial charge on any atom is 0.142 e. The molecule has 0 spiro atoms. The van der Waals surface area contributed by atoms with Crippen LogP contribution < -0.4 is 5.73 Å². The van der Waals surface area contributed by atoms with Crippen molar-refractivity contribution in [3.8, 4) is 0 Å². The van der Waals surface area contributed by atoms with Crippen molar-refractivity contribution in [2.75, 3.05) is 13.2 Å². The predicted octanol–water partition coefficient (Wildman–Crippen LogP) is -0.334. The van der Waals surface area contributed by atoms with Crippen LogP contribution in [0.3, 0.4) is 0 Å². The van der Waals surface area contributed by atoms with Crippen molar-refractivity contribution in [2.45, 2.75) is 25.2 Å². The van der Waals surface area contributed by atoms with Gasteiger partial charge in [-0.15, -0.1) is 0 Å². The lowest BCUT2D eigenvalue weighted by Gasteiger charge is -2.36. The molecule has 3 unspecified atom stereocenters. The number of hydrogen-bond donors (Lipinski definition) is 1. The highest BCUT2D eigenvalue weighted by atomic mass is 16.5. The molecular weight excluding hydrogens is 158 g/mol. The Bertz CT molecular complexity index is 195. The summed E-state index contributed by atoms with van der Waals surface area (Å²) in [6.07, 6.45) is 0.646. The third-order valence-electron chi connectivity index (χ3n) is 2.47. The largest absolute Gasteiger partial charge is 0.379 e. The van der Waals surface area contributed by atoms with E-state index in [-0.39, 0.29) is 17.8 Å². The van der Waals surface area contributed by atoms with Crippen LogP contribution in [0, 0.1) is 5.92 Å². The molecule has 0 aliphatic carbocycles. The van der Waals surface area contributed by atoms with Crippen LogP contribution in [-0.2, 0) is 14.3 Å². The summed E-state index contributed by atoms with van der Waals surface area (Å²) < 4.78 is 10.6. The summed E-state index contributed by atoms with van der Waals surface area (Å²) >= 11 is 0. The molecule has 0 aromatic rings. The van der Waals surface area contributed by atoms with E-state index in [9.17, 15) is 4.79 Å². The SMILES string of the molecule is NC1CC(=O)C2CCOCC2O1. The Morgan fingerprint density at radius 1 is 1.50 bits per heavy atom. The van der Waals surface area contributed by atoms with E-state index in [0.29, 0.717) is 19.6 Å². The van der Waals surface area contributed by atoms with Gasteiger partial charge in [0.1, 0.15) is 12.0 Å². The van der Waals surface area contributed by atoms with Crippen LogP contribution in [-0.4, -0.2) is 31.3 Å². The molecule has 2 N–H and O–H groups in total. The molecular formula is C8H13NO3. The number of ketones is 1. The third-order valence-corrected chi connectivity index (χ3v) is 2.47. The van der Waals surface area contributed by atoms with Crippen LogP contribution in [0.1, 0.15) is 12.8 Å². The van der Waals surface area contributed by atoms with Crippen LogP contribution >= 0.6 is 0 Å². The van der Waals surface area contributed by atoms with E-state index < -0.39 is 6.23 Å². The van der Waals surface area contributed by atoms with Crippen molar-refractivity contribution in [1.82, 2.24) is 0 Å². The fraction of sp³-hybridized carbons (Fsp3) is 0.875. The number of ether oxygens (including phenoxy) is 2. The average Bonchev–Trinajstić information content (AvgIpc) is 2.04. The quantitative estimate of drug-likeness (QED) is 0.542. The van der Waals surface area contributed by atoms with Crippen molar-refractivity contribution >= 4 is 5.78 Å². The fourth-order valence-corrected chi connectivity index (χ4v) is 1.84. The zero-order chi connectivity index (χ0) is 8.55. The van der Waals surface area contributed by atoms with Gasteiger partial charge in [0.15, 0.2) is 0 Å². The van der Waals surface area contributed by atoms with Gasteiger partial charge in [-0.3, -0.25) is 4.79 Å².